The van der Waals surface area contributed by atoms with Gasteiger partial charge in [-0.25, -0.2) is 4.79 Å². The highest BCUT2D eigenvalue weighted by atomic mass is 32.1. The predicted molar refractivity (Wildman–Crippen MR) is 75.0 cm³/mol. The second kappa shape index (κ2) is 6.25. The minimum absolute atomic E-state index is 0.164. The number of carbonyl (C=O) groups excluding carboxylic acids is 1. The fraction of sp³-hybridized carbons (Fsp3) is 0.231. The summed E-state index contributed by atoms with van der Waals surface area (Å²) in [5.41, 5.74) is 0.660. The van der Waals surface area contributed by atoms with Crippen LogP contribution in [0, 0.1) is 0 Å². The molecule has 0 bridgehead atoms. The largest absolute Gasteiger partial charge is 0.476 e. The number of carboxylic acid groups (broad SMARTS) is 1. The summed E-state index contributed by atoms with van der Waals surface area (Å²) in [6.45, 7) is 1.90. The zero-order valence-corrected chi connectivity index (χ0v) is 11.6. The number of anilines is 1. The van der Waals surface area contributed by atoms with Gasteiger partial charge in [-0.05, 0) is 12.0 Å². The lowest BCUT2D eigenvalue weighted by atomic mass is 9.96. The molecule has 20 heavy (non-hydrogen) atoms. The first-order chi connectivity index (χ1) is 9.63. The second-order valence-corrected chi connectivity index (χ2v) is 4.87. The van der Waals surface area contributed by atoms with Gasteiger partial charge in [-0.3, -0.25) is 4.79 Å². The van der Waals surface area contributed by atoms with Crippen molar-refractivity contribution in [2.45, 2.75) is 19.3 Å². The number of carbonyl (C=O) groups is 2. The van der Waals surface area contributed by atoms with Crippen molar-refractivity contribution in [1.29, 1.82) is 0 Å². The minimum atomic E-state index is -1.21. The lowest BCUT2D eigenvalue weighted by Crippen LogP contribution is -2.21. The van der Waals surface area contributed by atoms with Crippen molar-refractivity contribution < 1.29 is 14.7 Å². The van der Waals surface area contributed by atoms with Crippen LogP contribution < -0.4 is 5.32 Å². The van der Waals surface area contributed by atoms with Crippen LogP contribution in [0.3, 0.4) is 0 Å². The molecule has 0 radical (unpaired) electrons. The number of aromatic nitrogens is 2. The highest BCUT2D eigenvalue weighted by Gasteiger charge is 2.22. The number of rotatable bonds is 5. The topological polar surface area (TPSA) is 92.2 Å². The molecule has 0 fully saturated rings. The van der Waals surface area contributed by atoms with Crippen molar-refractivity contribution in [2.75, 3.05) is 5.32 Å². The molecule has 1 heterocycles. The molecule has 0 saturated carbocycles. The van der Waals surface area contributed by atoms with Crippen molar-refractivity contribution >= 4 is 28.4 Å². The quantitative estimate of drug-likeness (QED) is 0.882. The number of hydrogen-bond acceptors (Lipinski definition) is 5. The Kier molecular flexibility index (Phi) is 4.41. The summed E-state index contributed by atoms with van der Waals surface area (Å²) in [4.78, 5) is 23.2. The molecule has 1 atom stereocenters. The molecule has 1 amide bonds. The summed E-state index contributed by atoms with van der Waals surface area (Å²) in [6.07, 6.45) is 0.616. The Balaban J connectivity index is 2.18. The SMILES string of the molecule is CCC(C(=O)Nc1snnc1C(=O)O)c1ccccc1. The standard InChI is InChI=1S/C13H13N3O3S/c1-2-9(8-6-4-3-5-7-8)11(17)14-12-10(13(18)19)15-16-20-12/h3-7,9H,2H2,1H3,(H,14,17)(H,18,19). The number of nitrogens with zero attached hydrogens (tertiary/aromatic N) is 2. The van der Waals surface area contributed by atoms with Gasteiger partial charge in [-0.1, -0.05) is 41.7 Å². The Labute approximate surface area is 119 Å². The van der Waals surface area contributed by atoms with Crippen LogP contribution in [0.2, 0.25) is 0 Å². The monoisotopic (exact) mass is 291 g/mol. The van der Waals surface area contributed by atoms with Crippen molar-refractivity contribution in [3.63, 3.8) is 0 Å². The van der Waals surface area contributed by atoms with Crippen molar-refractivity contribution in [2.24, 2.45) is 0 Å². The molecule has 2 aromatic rings. The third-order valence-electron chi connectivity index (χ3n) is 2.85. The van der Waals surface area contributed by atoms with Crippen molar-refractivity contribution in [1.82, 2.24) is 9.59 Å². The molecule has 7 heteroatoms. The zero-order chi connectivity index (χ0) is 14.5. The molecule has 0 spiro atoms. The van der Waals surface area contributed by atoms with Crippen LogP contribution in [0.4, 0.5) is 5.00 Å². The number of amides is 1. The van der Waals surface area contributed by atoms with E-state index in [1.807, 2.05) is 37.3 Å². The van der Waals surface area contributed by atoms with E-state index in [1.54, 1.807) is 0 Å². The third kappa shape index (κ3) is 3.00. The predicted octanol–water partition coefficient (Wildman–Crippen LogP) is 2.37. The van der Waals surface area contributed by atoms with Gasteiger partial charge in [0.1, 0.15) is 0 Å². The summed E-state index contributed by atoms with van der Waals surface area (Å²) in [5.74, 6) is -1.80. The molecule has 0 aliphatic heterocycles. The first-order valence-electron chi connectivity index (χ1n) is 6.05. The van der Waals surface area contributed by atoms with Crippen LogP contribution >= 0.6 is 11.5 Å². The highest BCUT2D eigenvalue weighted by molar-refractivity contribution is 7.10. The van der Waals surface area contributed by atoms with Gasteiger partial charge in [-0.15, -0.1) is 5.10 Å². The molecule has 2 rings (SSSR count). The molecule has 1 unspecified atom stereocenters. The van der Waals surface area contributed by atoms with E-state index in [0.29, 0.717) is 6.42 Å². The molecule has 6 nitrogen and oxygen atoms in total. The number of hydrogen-bond donors (Lipinski definition) is 2. The van der Waals surface area contributed by atoms with Crippen LogP contribution in [-0.2, 0) is 4.79 Å². The van der Waals surface area contributed by atoms with E-state index in [1.165, 1.54) is 0 Å². The summed E-state index contributed by atoms with van der Waals surface area (Å²) >= 11 is 0.855. The van der Waals surface area contributed by atoms with Crippen LogP contribution in [-0.4, -0.2) is 26.6 Å². The summed E-state index contributed by atoms with van der Waals surface area (Å²) in [5, 5.41) is 15.2. The molecule has 0 aliphatic carbocycles. The maximum Gasteiger partial charge on any atom is 0.359 e. The molecular formula is C13H13N3O3S. The maximum atomic E-state index is 12.3. The highest BCUT2D eigenvalue weighted by Crippen LogP contribution is 2.24. The van der Waals surface area contributed by atoms with Gasteiger partial charge in [0.15, 0.2) is 5.00 Å². The minimum Gasteiger partial charge on any atom is -0.476 e. The molecule has 0 saturated heterocycles. The zero-order valence-electron chi connectivity index (χ0n) is 10.7. The Hall–Kier alpha value is -2.28. The Morgan fingerprint density at radius 3 is 2.65 bits per heavy atom. The second-order valence-electron chi connectivity index (χ2n) is 4.12. The Bertz CT molecular complexity index is 612. The Morgan fingerprint density at radius 2 is 2.05 bits per heavy atom. The lowest BCUT2D eigenvalue weighted by molar-refractivity contribution is -0.117. The van der Waals surface area contributed by atoms with Gasteiger partial charge in [-0.2, -0.15) is 0 Å². The van der Waals surface area contributed by atoms with Gasteiger partial charge < -0.3 is 10.4 Å². The van der Waals surface area contributed by atoms with E-state index in [9.17, 15) is 9.59 Å². The van der Waals surface area contributed by atoms with Gasteiger partial charge >= 0.3 is 5.97 Å². The van der Waals surface area contributed by atoms with E-state index in [2.05, 4.69) is 14.9 Å². The van der Waals surface area contributed by atoms with Gasteiger partial charge in [0.25, 0.3) is 0 Å². The number of nitrogens with one attached hydrogen (secondary N) is 1. The van der Waals surface area contributed by atoms with Crippen LogP contribution in [0.1, 0.15) is 35.3 Å². The number of benzene rings is 1. The van der Waals surface area contributed by atoms with E-state index in [4.69, 9.17) is 5.11 Å². The number of aromatic carboxylic acids is 1. The average Bonchev–Trinajstić information content (AvgIpc) is 2.89. The van der Waals surface area contributed by atoms with E-state index in [0.717, 1.165) is 17.1 Å². The van der Waals surface area contributed by atoms with Gasteiger partial charge in [0, 0.05) is 11.5 Å². The van der Waals surface area contributed by atoms with E-state index >= 15 is 0 Å². The lowest BCUT2D eigenvalue weighted by Gasteiger charge is -2.14. The van der Waals surface area contributed by atoms with Crippen LogP contribution in [0.15, 0.2) is 30.3 Å². The normalized spacial score (nSPS) is 11.8. The van der Waals surface area contributed by atoms with E-state index in [-0.39, 0.29) is 22.5 Å². The summed E-state index contributed by atoms with van der Waals surface area (Å²) in [7, 11) is 0. The van der Waals surface area contributed by atoms with Crippen LogP contribution in [0.25, 0.3) is 0 Å². The molecule has 2 N–H and O–H groups in total. The molecule has 104 valence electrons. The first kappa shape index (κ1) is 14.1. The molecule has 1 aromatic heterocycles. The molecule has 1 aromatic carbocycles. The van der Waals surface area contributed by atoms with Crippen molar-refractivity contribution in [3.05, 3.63) is 41.6 Å². The Morgan fingerprint density at radius 1 is 1.35 bits per heavy atom. The fourth-order valence-corrected chi connectivity index (χ4v) is 2.43. The van der Waals surface area contributed by atoms with Gasteiger partial charge in [0.05, 0.1) is 5.92 Å². The fourth-order valence-electron chi connectivity index (χ4n) is 1.87. The molecular weight excluding hydrogens is 278 g/mol. The van der Waals surface area contributed by atoms with Gasteiger partial charge in [0.2, 0.25) is 11.6 Å². The average molecular weight is 291 g/mol. The van der Waals surface area contributed by atoms with Crippen LogP contribution in [0.5, 0.6) is 0 Å². The third-order valence-corrected chi connectivity index (χ3v) is 3.50. The maximum absolute atomic E-state index is 12.3. The number of carboxylic acids is 1. The molecule has 0 aliphatic rings. The smallest absolute Gasteiger partial charge is 0.359 e. The van der Waals surface area contributed by atoms with E-state index < -0.39 is 5.97 Å². The van der Waals surface area contributed by atoms with Crippen molar-refractivity contribution in [3.8, 4) is 0 Å². The first-order valence-corrected chi connectivity index (χ1v) is 6.82. The summed E-state index contributed by atoms with van der Waals surface area (Å²) < 4.78 is 3.55. The summed E-state index contributed by atoms with van der Waals surface area (Å²) in [6, 6.07) is 9.35.